The summed E-state index contributed by atoms with van der Waals surface area (Å²) < 4.78 is 5.72. The monoisotopic (exact) mass is 355 g/mol. The quantitative estimate of drug-likeness (QED) is 0.690. The van der Waals surface area contributed by atoms with E-state index in [4.69, 9.17) is 0 Å². The Morgan fingerprint density at radius 3 is 2.52 bits per heavy atom. The molecule has 1 aromatic heterocycles. The smallest absolute Gasteiger partial charge is 0.337 e. The number of carbonyl (C=O) groups excluding carboxylic acids is 2. The van der Waals surface area contributed by atoms with Crippen LogP contribution in [0.3, 0.4) is 0 Å². The molecule has 0 aliphatic heterocycles. The van der Waals surface area contributed by atoms with Crippen LogP contribution in [-0.4, -0.2) is 30.6 Å². The Morgan fingerprint density at radius 1 is 1.12 bits per heavy atom. The Morgan fingerprint density at radius 2 is 1.80 bits per heavy atom. The zero-order chi connectivity index (χ0) is 17.8. The molecular weight excluding hydrogens is 338 g/mol. The Balaban J connectivity index is 1.64. The Labute approximate surface area is 148 Å². The number of amides is 1. The lowest BCUT2D eigenvalue weighted by Gasteiger charge is -2.12. The maximum absolute atomic E-state index is 12.2. The van der Waals surface area contributed by atoms with E-state index in [-0.39, 0.29) is 12.5 Å². The van der Waals surface area contributed by atoms with Crippen molar-refractivity contribution in [1.29, 1.82) is 0 Å². The molecule has 0 aliphatic rings. The number of carbonyl (C=O) groups is 2. The lowest BCUT2D eigenvalue weighted by Crippen LogP contribution is -2.28. The highest BCUT2D eigenvalue weighted by Crippen LogP contribution is 2.29. The van der Waals surface area contributed by atoms with Crippen molar-refractivity contribution in [3.63, 3.8) is 0 Å². The van der Waals surface area contributed by atoms with Crippen molar-refractivity contribution in [1.82, 2.24) is 5.32 Å². The molecule has 128 valence electrons. The van der Waals surface area contributed by atoms with Gasteiger partial charge in [0.2, 0.25) is 0 Å². The number of fused-ring (bicyclic) bond motifs is 1. The third-order valence-corrected chi connectivity index (χ3v) is 4.88. The summed E-state index contributed by atoms with van der Waals surface area (Å²) in [4.78, 5) is 23.6. The fourth-order valence-corrected chi connectivity index (χ4v) is 3.54. The molecule has 2 aromatic carbocycles. The third kappa shape index (κ3) is 3.70. The lowest BCUT2D eigenvalue weighted by molar-refractivity contribution is 0.0600. The number of methoxy groups -OCH3 is 1. The predicted octanol–water partition coefficient (Wildman–Crippen LogP) is 3.15. The summed E-state index contributed by atoms with van der Waals surface area (Å²) in [5.74, 6) is -0.762. The van der Waals surface area contributed by atoms with Crippen molar-refractivity contribution < 1.29 is 19.4 Å². The van der Waals surface area contributed by atoms with Gasteiger partial charge in [-0.05, 0) is 41.1 Å². The molecular formula is C19H17NO4S. The summed E-state index contributed by atoms with van der Waals surface area (Å²) in [7, 11) is 1.30. The highest BCUT2D eigenvalue weighted by molar-refractivity contribution is 7.17. The fraction of sp³-hybridized carbons (Fsp3) is 0.158. The van der Waals surface area contributed by atoms with Crippen LogP contribution >= 0.6 is 11.3 Å². The molecule has 0 spiro atoms. The fourth-order valence-electron chi connectivity index (χ4n) is 2.53. The largest absolute Gasteiger partial charge is 0.465 e. The number of benzene rings is 2. The van der Waals surface area contributed by atoms with Gasteiger partial charge in [0.25, 0.3) is 5.91 Å². The van der Waals surface area contributed by atoms with Crippen molar-refractivity contribution in [2.45, 2.75) is 6.10 Å². The second kappa shape index (κ2) is 7.46. The van der Waals surface area contributed by atoms with Gasteiger partial charge in [-0.25, -0.2) is 4.79 Å². The molecule has 5 nitrogen and oxygen atoms in total. The summed E-state index contributed by atoms with van der Waals surface area (Å²) in [6.07, 6.45) is -0.783. The van der Waals surface area contributed by atoms with Crippen molar-refractivity contribution in [2.75, 3.05) is 13.7 Å². The first-order chi connectivity index (χ1) is 12.1. The molecule has 0 radical (unpaired) electrons. The van der Waals surface area contributed by atoms with Gasteiger partial charge < -0.3 is 15.2 Å². The average Bonchev–Trinajstić information content (AvgIpc) is 3.09. The van der Waals surface area contributed by atoms with Gasteiger partial charge in [0.1, 0.15) is 0 Å². The number of esters is 1. The zero-order valence-electron chi connectivity index (χ0n) is 13.6. The summed E-state index contributed by atoms with van der Waals surface area (Å²) >= 11 is 1.56. The van der Waals surface area contributed by atoms with Gasteiger partial charge in [0.15, 0.2) is 0 Å². The normalized spacial score (nSPS) is 11.9. The zero-order valence-corrected chi connectivity index (χ0v) is 14.4. The molecule has 1 amide bonds. The number of ether oxygens (including phenoxy) is 1. The number of aliphatic hydroxyl groups is 1. The molecule has 1 heterocycles. The van der Waals surface area contributed by atoms with Gasteiger partial charge in [0.05, 0.1) is 18.8 Å². The minimum Gasteiger partial charge on any atom is -0.465 e. The van der Waals surface area contributed by atoms with E-state index in [1.807, 2.05) is 29.6 Å². The summed E-state index contributed by atoms with van der Waals surface area (Å²) in [5, 5.41) is 16.0. The molecule has 1 atom stereocenters. The molecule has 0 fully saturated rings. The SMILES string of the molecule is COC(=O)c1ccc(C(=O)NCC(O)c2csc3ccccc23)cc1. The Bertz CT molecular complexity index is 901. The predicted molar refractivity (Wildman–Crippen MR) is 96.9 cm³/mol. The Hall–Kier alpha value is -2.70. The van der Waals surface area contributed by atoms with E-state index in [9.17, 15) is 14.7 Å². The standard InChI is InChI=1S/C19H17NO4S/c1-24-19(23)13-8-6-12(7-9-13)18(22)20-10-16(21)15-11-25-17-5-3-2-4-14(15)17/h2-9,11,16,21H,10H2,1H3,(H,20,22). The number of thiophene rings is 1. The molecule has 6 heteroatoms. The van der Waals surface area contributed by atoms with Crippen LogP contribution in [-0.2, 0) is 4.74 Å². The summed E-state index contributed by atoms with van der Waals surface area (Å²) in [6, 6.07) is 14.0. The van der Waals surface area contributed by atoms with Crippen LogP contribution in [0.25, 0.3) is 10.1 Å². The van der Waals surface area contributed by atoms with E-state index in [0.717, 1.165) is 15.6 Å². The van der Waals surface area contributed by atoms with Gasteiger partial charge in [0, 0.05) is 22.4 Å². The maximum Gasteiger partial charge on any atom is 0.337 e. The van der Waals surface area contributed by atoms with Crippen LogP contribution in [0, 0.1) is 0 Å². The Kier molecular flexibility index (Phi) is 5.11. The van der Waals surface area contributed by atoms with E-state index in [0.29, 0.717) is 11.1 Å². The molecule has 25 heavy (non-hydrogen) atoms. The highest BCUT2D eigenvalue weighted by Gasteiger charge is 2.15. The molecule has 0 saturated carbocycles. The minimum absolute atomic E-state index is 0.109. The van der Waals surface area contributed by atoms with Crippen LogP contribution < -0.4 is 5.32 Å². The number of rotatable bonds is 5. The molecule has 0 aliphatic carbocycles. The molecule has 1 unspecified atom stereocenters. The van der Waals surface area contributed by atoms with E-state index in [2.05, 4.69) is 10.1 Å². The van der Waals surface area contributed by atoms with Gasteiger partial charge in [-0.3, -0.25) is 4.79 Å². The van der Waals surface area contributed by atoms with Crippen LogP contribution in [0.2, 0.25) is 0 Å². The van der Waals surface area contributed by atoms with E-state index in [1.165, 1.54) is 19.2 Å². The van der Waals surface area contributed by atoms with Gasteiger partial charge >= 0.3 is 5.97 Å². The van der Waals surface area contributed by atoms with E-state index < -0.39 is 12.1 Å². The van der Waals surface area contributed by atoms with Crippen LogP contribution in [0.15, 0.2) is 53.9 Å². The lowest BCUT2D eigenvalue weighted by atomic mass is 10.1. The first-order valence-electron chi connectivity index (χ1n) is 7.71. The molecule has 0 bridgehead atoms. The van der Waals surface area contributed by atoms with Gasteiger partial charge in [-0.15, -0.1) is 11.3 Å². The maximum atomic E-state index is 12.2. The minimum atomic E-state index is -0.783. The number of nitrogens with one attached hydrogen (secondary N) is 1. The molecule has 0 saturated heterocycles. The number of hydrogen-bond acceptors (Lipinski definition) is 5. The number of aliphatic hydroxyl groups excluding tert-OH is 1. The third-order valence-electron chi connectivity index (χ3n) is 3.89. The first kappa shape index (κ1) is 17.1. The average molecular weight is 355 g/mol. The topological polar surface area (TPSA) is 75.6 Å². The van der Waals surface area contributed by atoms with E-state index >= 15 is 0 Å². The molecule has 2 N–H and O–H groups in total. The molecule has 3 aromatic rings. The second-order valence-electron chi connectivity index (χ2n) is 5.48. The van der Waals surface area contributed by atoms with Crippen LogP contribution in [0.1, 0.15) is 32.4 Å². The summed E-state index contributed by atoms with van der Waals surface area (Å²) in [5.41, 5.74) is 1.60. The first-order valence-corrected chi connectivity index (χ1v) is 8.59. The van der Waals surface area contributed by atoms with Crippen molar-refractivity contribution in [2.24, 2.45) is 0 Å². The van der Waals surface area contributed by atoms with Gasteiger partial charge in [-0.2, -0.15) is 0 Å². The van der Waals surface area contributed by atoms with Crippen molar-refractivity contribution >= 4 is 33.3 Å². The van der Waals surface area contributed by atoms with Crippen molar-refractivity contribution in [3.05, 3.63) is 70.6 Å². The van der Waals surface area contributed by atoms with E-state index in [1.54, 1.807) is 23.5 Å². The summed E-state index contributed by atoms with van der Waals surface area (Å²) in [6.45, 7) is 0.109. The molecule has 3 rings (SSSR count). The highest BCUT2D eigenvalue weighted by atomic mass is 32.1. The van der Waals surface area contributed by atoms with Crippen LogP contribution in [0.5, 0.6) is 0 Å². The second-order valence-corrected chi connectivity index (χ2v) is 6.39. The number of hydrogen-bond donors (Lipinski definition) is 2. The van der Waals surface area contributed by atoms with Crippen molar-refractivity contribution in [3.8, 4) is 0 Å². The van der Waals surface area contributed by atoms with Gasteiger partial charge in [-0.1, -0.05) is 18.2 Å². The van der Waals surface area contributed by atoms with Crippen LogP contribution in [0.4, 0.5) is 0 Å².